The van der Waals surface area contributed by atoms with Crippen LogP contribution >= 0.6 is 27.5 Å². The largest absolute Gasteiger partial charge is 0.324 e. The van der Waals surface area contributed by atoms with E-state index < -0.39 is 17.6 Å². The van der Waals surface area contributed by atoms with Crippen LogP contribution in [-0.2, 0) is 4.79 Å². The van der Waals surface area contributed by atoms with Crippen molar-refractivity contribution in [2.24, 2.45) is 0 Å². The van der Waals surface area contributed by atoms with Gasteiger partial charge in [-0.1, -0.05) is 11.6 Å². The smallest absolute Gasteiger partial charge is 0.258 e. The van der Waals surface area contributed by atoms with Crippen LogP contribution < -0.4 is 10.6 Å². The molecule has 0 aliphatic rings. The van der Waals surface area contributed by atoms with Crippen LogP contribution in [0.3, 0.4) is 0 Å². The summed E-state index contributed by atoms with van der Waals surface area (Å²) in [6.07, 6.45) is 1.46. The van der Waals surface area contributed by atoms with E-state index in [2.05, 4.69) is 31.5 Å². The maximum Gasteiger partial charge on any atom is 0.258 e. The summed E-state index contributed by atoms with van der Waals surface area (Å²) in [5, 5.41) is 4.95. The van der Waals surface area contributed by atoms with Crippen molar-refractivity contribution in [1.29, 1.82) is 0 Å². The Balaban J connectivity index is 2.25. The molecule has 1 aromatic carbocycles. The zero-order valence-corrected chi connectivity index (χ0v) is 13.6. The van der Waals surface area contributed by atoms with Crippen molar-refractivity contribution in [3.05, 3.63) is 51.5 Å². The van der Waals surface area contributed by atoms with Crippen LogP contribution in [0, 0.1) is 5.82 Å². The molecule has 0 bridgehead atoms. The molecule has 0 saturated heterocycles. The second-order valence-electron chi connectivity index (χ2n) is 4.32. The SMILES string of the molecule is CC(=O)Nc1cc(NC(=O)c2cc(Br)cnc2Cl)ccc1F. The molecule has 0 unspecified atom stereocenters. The van der Waals surface area contributed by atoms with Crippen molar-refractivity contribution < 1.29 is 14.0 Å². The number of nitrogens with one attached hydrogen (secondary N) is 2. The Bertz CT molecular complexity index is 755. The number of amides is 2. The van der Waals surface area contributed by atoms with Gasteiger partial charge in [0.25, 0.3) is 5.91 Å². The molecule has 2 amide bonds. The lowest BCUT2D eigenvalue weighted by molar-refractivity contribution is -0.114. The van der Waals surface area contributed by atoms with Gasteiger partial charge in [-0.25, -0.2) is 9.37 Å². The van der Waals surface area contributed by atoms with Crippen molar-refractivity contribution in [3.8, 4) is 0 Å². The molecule has 1 heterocycles. The summed E-state index contributed by atoms with van der Waals surface area (Å²) in [5.74, 6) is -1.52. The third-order valence-electron chi connectivity index (χ3n) is 2.59. The molecule has 0 aliphatic carbocycles. The summed E-state index contributed by atoms with van der Waals surface area (Å²) in [7, 11) is 0. The number of carbonyl (C=O) groups excluding carboxylic acids is 2. The van der Waals surface area contributed by atoms with Gasteiger partial charge < -0.3 is 10.6 Å². The van der Waals surface area contributed by atoms with Gasteiger partial charge in [0.15, 0.2) is 0 Å². The lowest BCUT2D eigenvalue weighted by Gasteiger charge is -2.09. The lowest BCUT2D eigenvalue weighted by Crippen LogP contribution is -2.14. The average Bonchev–Trinajstić information content (AvgIpc) is 2.44. The summed E-state index contributed by atoms with van der Waals surface area (Å²) >= 11 is 9.07. The highest BCUT2D eigenvalue weighted by molar-refractivity contribution is 9.10. The van der Waals surface area contributed by atoms with E-state index in [-0.39, 0.29) is 16.4 Å². The van der Waals surface area contributed by atoms with Crippen molar-refractivity contribution in [2.75, 3.05) is 10.6 Å². The van der Waals surface area contributed by atoms with Crippen LogP contribution in [-0.4, -0.2) is 16.8 Å². The van der Waals surface area contributed by atoms with E-state index in [0.717, 1.165) is 6.07 Å². The number of hydrogen-bond donors (Lipinski definition) is 2. The maximum atomic E-state index is 13.5. The van der Waals surface area contributed by atoms with Gasteiger partial charge in [-0.3, -0.25) is 9.59 Å². The van der Waals surface area contributed by atoms with Gasteiger partial charge in [0.2, 0.25) is 5.91 Å². The average molecular weight is 387 g/mol. The van der Waals surface area contributed by atoms with Crippen LogP contribution in [0.15, 0.2) is 34.9 Å². The molecule has 1 aromatic heterocycles. The Labute approximate surface area is 139 Å². The summed E-state index contributed by atoms with van der Waals surface area (Å²) in [4.78, 5) is 27.0. The minimum Gasteiger partial charge on any atom is -0.324 e. The number of nitrogens with zero attached hydrogens (tertiary/aromatic N) is 1. The summed E-state index contributed by atoms with van der Waals surface area (Å²) in [6, 6.07) is 5.34. The molecule has 22 heavy (non-hydrogen) atoms. The molecule has 2 rings (SSSR count). The van der Waals surface area contributed by atoms with E-state index in [0.29, 0.717) is 10.2 Å². The number of carbonyl (C=O) groups is 2. The first-order valence-corrected chi connectivity index (χ1v) is 7.23. The van der Waals surface area contributed by atoms with E-state index >= 15 is 0 Å². The van der Waals surface area contributed by atoms with Crippen molar-refractivity contribution in [3.63, 3.8) is 0 Å². The first kappa shape index (κ1) is 16.4. The number of anilines is 2. The topological polar surface area (TPSA) is 71.1 Å². The van der Waals surface area contributed by atoms with Crippen LogP contribution in [0.5, 0.6) is 0 Å². The number of rotatable bonds is 3. The third-order valence-corrected chi connectivity index (χ3v) is 3.32. The molecular weight excluding hydrogens is 377 g/mol. The summed E-state index contributed by atoms with van der Waals surface area (Å²) in [6.45, 7) is 1.26. The van der Waals surface area contributed by atoms with Crippen LogP contribution in [0.25, 0.3) is 0 Å². The van der Waals surface area contributed by atoms with Crippen molar-refractivity contribution in [1.82, 2.24) is 4.98 Å². The molecule has 0 fully saturated rings. The van der Waals surface area contributed by atoms with Gasteiger partial charge >= 0.3 is 0 Å². The molecule has 114 valence electrons. The van der Waals surface area contributed by atoms with Gasteiger partial charge in [-0.15, -0.1) is 0 Å². The minimum absolute atomic E-state index is 0.0243. The zero-order valence-electron chi connectivity index (χ0n) is 11.3. The molecule has 0 atom stereocenters. The summed E-state index contributed by atoms with van der Waals surface area (Å²) < 4.78 is 14.1. The molecule has 0 aliphatic heterocycles. The predicted octanol–water partition coefficient (Wildman–Crippen LogP) is 3.85. The molecular formula is C14H10BrClFN3O2. The molecule has 5 nitrogen and oxygen atoms in total. The minimum atomic E-state index is -0.602. The first-order valence-electron chi connectivity index (χ1n) is 6.06. The molecule has 0 radical (unpaired) electrons. The van der Waals surface area contributed by atoms with E-state index in [4.69, 9.17) is 11.6 Å². The normalized spacial score (nSPS) is 10.2. The monoisotopic (exact) mass is 385 g/mol. The van der Waals surface area contributed by atoms with Crippen LogP contribution in [0.4, 0.5) is 15.8 Å². The Morgan fingerprint density at radius 2 is 2.00 bits per heavy atom. The highest BCUT2D eigenvalue weighted by Gasteiger charge is 2.13. The Morgan fingerprint density at radius 3 is 2.68 bits per heavy atom. The number of halogens is 3. The second kappa shape index (κ2) is 6.85. The predicted molar refractivity (Wildman–Crippen MR) is 85.6 cm³/mol. The van der Waals surface area contributed by atoms with Crippen molar-refractivity contribution >= 4 is 50.7 Å². The lowest BCUT2D eigenvalue weighted by atomic mass is 10.2. The Hall–Kier alpha value is -1.99. The first-order chi connectivity index (χ1) is 10.4. The van der Waals surface area contributed by atoms with Crippen LogP contribution in [0.2, 0.25) is 5.15 Å². The van der Waals surface area contributed by atoms with E-state index in [1.807, 2.05) is 0 Å². The van der Waals surface area contributed by atoms with Gasteiger partial charge in [0, 0.05) is 23.3 Å². The van der Waals surface area contributed by atoms with Crippen molar-refractivity contribution in [2.45, 2.75) is 6.92 Å². The summed E-state index contributed by atoms with van der Waals surface area (Å²) in [5.41, 5.74) is 0.455. The maximum absolute atomic E-state index is 13.5. The Kier molecular flexibility index (Phi) is 5.10. The number of hydrogen-bond acceptors (Lipinski definition) is 3. The van der Waals surface area contributed by atoms with Gasteiger partial charge in [0.1, 0.15) is 11.0 Å². The van der Waals surface area contributed by atoms with Gasteiger partial charge in [-0.05, 0) is 40.2 Å². The highest BCUT2D eigenvalue weighted by atomic mass is 79.9. The number of benzene rings is 1. The van der Waals surface area contributed by atoms with Crippen LogP contribution in [0.1, 0.15) is 17.3 Å². The van der Waals surface area contributed by atoms with E-state index in [1.54, 1.807) is 0 Å². The van der Waals surface area contributed by atoms with E-state index in [9.17, 15) is 14.0 Å². The fraction of sp³-hybridized carbons (Fsp3) is 0.0714. The zero-order chi connectivity index (χ0) is 16.3. The number of aromatic nitrogens is 1. The van der Waals surface area contributed by atoms with E-state index in [1.165, 1.54) is 31.3 Å². The standard InChI is InChI=1S/C14H10BrClFN3O2/c1-7(21)19-12-5-9(2-3-11(12)17)20-14(22)10-4-8(15)6-18-13(10)16/h2-6H,1H3,(H,19,21)(H,20,22). The molecule has 2 aromatic rings. The fourth-order valence-corrected chi connectivity index (χ4v) is 2.19. The highest BCUT2D eigenvalue weighted by Crippen LogP contribution is 2.22. The third kappa shape index (κ3) is 4.02. The second-order valence-corrected chi connectivity index (χ2v) is 5.60. The number of pyridine rings is 1. The Morgan fingerprint density at radius 1 is 1.27 bits per heavy atom. The van der Waals surface area contributed by atoms with Gasteiger partial charge in [-0.2, -0.15) is 0 Å². The molecule has 8 heteroatoms. The molecule has 0 saturated carbocycles. The molecule has 2 N–H and O–H groups in total. The molecule has 0 spiro atoms. The quantitative estimate of drug-likeness (QED) is 0.787. The fourth-order valence-electron chi connectivity index (χ4n) is 1.67. The van der Waals surface area contributed by atoms with Gasteiger partial charge in [0.05, 0.1) is 11.3 Å².